The molecule has 0 bridgehead atoms. The second-order valence-corrected chi connectivity index (χ2v) is 7.36. The lowest BCUT2D eigenvalue weighted by molar-refractivity contribution is -0.0749. The van der Waals surface area contributed by atoms with Crippen molar-refractivity contribution in [3.05, 3.63) is 57.8 Å². The van der Waals surface area contributed by atoms with Crippen molar-refractivity contribution in [2.24, 2.45) is 0 Å². The van der Waals surface area contributed by atoms with Gasteiger partial charge in [-0.1, -0.05) is 30.3 Å². The third-order valence-electron chi connectivity index (χ3n) is 5.41. The van der Waals surface area contributed by atoms with Gasteiger partial charge in [-0.05, 0) is 12.5 Å². The standard InChI is InChI=1S/C21H23N3O7/c1-2-29-18(27)15-16(25)17(26)24-10-11-31-21(19(24)22-15)8-9-23(13-21)20(28)30-12-14-6-4-3-5-7-14/h3-7,25H,2,8-13H2,1H3. The van der Waals surface area contributed by atoms with Crippen LogP contribution in [0.1, 0.15) is 35.2 Å². The van der Waals surface area contributed by atoms with Gasteiger partial charge >= 0.3 is 12.1 Å². The molecule has 1 saturated heterocycles. The number of likely N-dealkylation sites (tertiary alicyclic amines) is 1. The lowest BCUT2D eigenvalue weighted by atomic mass is 10.00. The number of carbonyl (C=O) groups is 2. The van der Waals surface area contributed by atoms with E-state index in [0.717, 1.165) is 5.56 Å². The van der Waals surface area contributed by atoms with Crippen molar-refractivity contribution in [1.82, 2.24) is 14.5 Å². The van der Waals surface area contributed by atoms with Crippen molar-refractivity contribution >= 4 is 12.1 Å². The average molecular weight is 429 g/mol. The highest BCUT2D eigenvalue weighted by molar-refractivity contribution is 5.90. The molecule has 10 heteroatoms. The van der Waals surface area contributed by atoms with E-state index in [1.54, 1.807) is 6.92 Å². The maximum absolute atomic E-state index is 12.7. The normalized spacial score (nSPS) is 19.8. The van der Waals surface area contributed by atoms with Crippen LogP contribution < -0.4 is 5.56 Å². The van der Waals surface area contributed by atoms with Crippen molar-refractivity contribution in [2.45, 2.75) is 32.1 Å². The minimum Gasteiger partial charge on any atom is -0.501 e. The molecule has 31 heavy (non-hydrogen) atoms. The van der Waals surface area contributed by atoms with Gasteiger partial charge in [0.05, 0.1) is 26.3 Å². The maximum atomic E-state index is 12.7. The molecule has 0 saturated carbocycles. The minimum atomic E-state index is -1.07. The summed E-state index contributed by atoms with van der Waals surface area (Å²) in [5, 5.41) is 10.2. The van der Waals surface area contributed by atoms with E-state index in [9.17, 15) is 19.5 Å². The smallest absolute Gasteiger partial charge is 0.410 e. The van der Waals surface area contributed by atoms with Crippen LogP contribution in [-0.4, -0.2) is 57.9 Å². The second kappa shape index (κ2) is 8.38. The number of rotatable bonds is 4. The van der Waals surface area contributed by atoms with E-state index < -0.39 is 34.7 Å². The van der Waals surface area contributed by atoms with Crippen LogP contribution in [0.25, 0.3) is 0 Å². The van der Waals surface area contributed by atoms with Gasteiger partial charge in [-0.15, -0.1) is 0 Å². The monoisotopic (exact) mass is 429 g/mol. The van der Waals surface area contributed by atoms with Crippen molar-refractivity contribution in [3.8, 4) is 5.75 Å². The van der Waals surface area contributed by atoms with E-state index in [0.29, 0.717) is 13.0 Å². The van der Waals surface area contributed by atoms with E-state index in [1.165, 1.54) is 9.47 Å². The van der Waals surface area contributed by atoms with Crippen LogP contribution in [-0.2, 0) is 33.0 Å². The first-order chi connectivity index (χ1) is 14.9. The second-order valence-electron chi connectivity index (χ2n) is 7.36. The van der Waals surface area contributed by atoms with Gasteiger partial charge in [0.1, 0.15) is 18.0 Å². The first-order valence-electron chi connectivity index (χ1n) is 10.1. The summed E-state index contributed by atoms with van der Waals surface area (Å²) in [6, 6.07) is 9.32. The number of hydrogen-bond acceptors (Lipinski definition) is 8. The molecule has 1 spiro atoms. The van der Waals surface area contributed by atoms with Gasteiger partial charge in [0.15, 0.2) is 5.69 Å². The van der Waals surface area contributed by atoms with Crippen molar-refractivity contribution < 1.29 is 28.9 Å². The highest BCUT2D eigenvalue weighted by Gasteiger charge is 2.48. The number of nitrogens with zero attached hydrogens (tertiary/aromatic N) is 3. The average Bonchev–Trinajstić information content (AvgIpc) is 3.20. The zero-order chi connectivity index (χ0) is 22.0. The fraction of sp³-hybridized carbons (Fsp3) is 0.429. The number of benzene rings is 1. The molecule has 1 atom stereocenters. The van der Waals surface area contributed by atoms with E-state index in [1.807, 2.05) is 30.3 Å². The third kappa shape index (κ3) is 3.86. The number of esters is 1. The zero-order valence-corrected chi connectivity index (χ0v) is 17.1. The summed E-state index contributed by atoms with van der Waals surface area (Å²) in [7, 11) is 0. The molecule has 4 rings (SSSR count). The quantitative estimate of drug-likeness (QED) is 0.724. The first-order valence-corrected chi connectivity index (χ1v) is 10.1. The Labute approximate surface area is 178 Å². The molecule has 2 aliphatic rings. The highest BCUT2D eigenvalue weighted by atomic mass is 16.6. The van der Waals surface area contributed by atoms with Gasteiger partial charge < -0.3 is 24.2 Å². The topological polar surface area (TPSA) is 120 Å². The van der Waals surface area contributed by atoms with Crippen LogP contribution in [0, 0.1) is 0 Å². The predicted molar refractivity (Wildman–Crippen MR) is 107 cm³/mol. The van der Waals surface area contributed by atoms with Crippen LogP contribution in [0.5, 0.6) is 5.75 Å². The molecule has 1 fully saturated rings. The molecule has 1 amide bonds. The van der Waals surface area contributed by atoms with Gasteiger partial charge in [0.2, 0.25) is 5.75 Å². The Bertz CT molecular complexity index is 1050. The molecule has 10 nitrogen and oxygen atoms in total. The van der Waals surface area contributed by atoms with Gasteiger partial charge in [-0.25, -0.2) is 14.6 Å². The van der Waals surface area contributed by atoms with E-state index in [-0.39, 0.29) is 38.7 Å². The summed E-state index contributed by atoms with van der Waals surface area (Å²) in [5.41, 5.74) is -1.39. The lowest BCUT2D eigenvalue weighted by Gasteiger charge is -2.35. The van der Waals surface area contributed by atoms with Crippen LogP contribution in [0.2, 0.25) is 0 Å². The number of fused-ring (bicyclic) bond motifs is 2. The molecular weight excluding hydrogens is 406 g/mol. The van der Waals surface area contributed by atoms with Crippen LogP contribution >= 0.6 is 0 Å². The Morgan fingerprint density at radius 3 is 2.74 bits per heavy atom. The molecule has 3 heterocycles. The van der Waals surface area contributed by atoms with Crippen molar-refractivity contribution in [2.75, 3.05) is 26.3 Å². The summed E-state index contributed by atoms with van der Waals surface area (Å²) in [5.74, 6) is -1.45. The van der Waals surface area contributed by atoms with Crippen LogP contribution in [0.15, 0.2) is 35.1 Å². The Kier molecular flexibility index (Phi) is 5.64. The maximum Gasteiger partial charge on any atom is 0.410 e. The van der Waals surface area contributed by atoms with Gasteiger partial charge in [0.25, 0.3) is 5.56 Å². The fourth-order valence-electron chi connectivity index (χ4n) is 3.89. The van der Waals surface area contributed by atoms with E-state index >= 15 is 0 Å². The number of carbonyl (C=O) groups excluding carboxylic acids is 2. The highest BCUT2D eigenvalue weighted by Crippen LogP contribution is 2.37. The Morgan fingerprint density at radius 1 is 1.23 bits per heavy atom. The number of ether oxygens (including phenoxy) is 3. The van der Waals surface area contributed by atoms with E-state index in [2.05, 4.69) is 4.98 Å². The molecule has 0 radical (unpaired) electrons. The summed E-state index contributed by atoms with van der Waals surface area (Å²) in [6.45, 7) is 2.65. The molecule has 2 aromatic rings. The van der Waals surface area contributed by atoms with Crippen molar-refractivity contribution in [3.63, 3.8) is 0 Å². The summed E-state index contributed by atoms with van der Waals surface area (Å²) >= 11 is 0. The van der Waals surface area contributed by atoms with Crippen LogP contribution in [0.3, 0.4) is 0 Å². The number of amides is 1. The molecule has 164 valence electrons. The number of aromatic hydroxyl groups is 1. The minimum absolute atomic E-state index is 0.0705. The molecule has 0 aliphatic carbocycles. The number of aromatic nitrogens is 2. The van der Waals surface area contributed by atoms with Gasteiger partial charge in [-0.2, -0.15) is 0 Å². The SMILES string of the molecule is CCOC(=O)c1nc2n(c(=O)c1O)CCOC21CCN(C(=O)OCc2ccccc2)C1. The van der Waals surface area contributed by atoms with Gasteiger partial charge in [-0.3, -0.25) is 9.36 Å². The molecule has 2 aliphatic heterocycles. The summed E-state index contributed by atoms with van der Waals surface area (Å²) in [4.78, 5) is 43.2. The molecular formula is C21H23N3O7. The Hall–Kier alpha value is -3.40. The van der Waals surface area contributed by atoms with Crippen molar-refractivity contribution in [1.29, 1.82) is 0 Å². The third-order valence-corrected chi connectivity index (χ3v) is 5.41. The largest absolute Gasteiger partial charge is 0.501 e. The number of hydrogen-bond donors (Lipinski definition) is 1. The Balaban J connectivity index is 1.58. The first kappa shape index (κ1) is 20.9. The Morgan fingerprint density at radius 2 is 2.00 bits per heavy atom. The van der Waals surface area contributed by atoms with Gasteiger partial charge in [0, 0.05) is 13.0 Å². The lowest BCUT2D eigenvalue weighted by Crippen LogP contribution is -2.47. The zero-order valence-electron chi connectivity index (χ0n) is 17.1. The molecule has 1 aromatic carbocycles. The van der Waals surface area contributed by atoms with E-state index in [4.69, 9.17) is 14.2 Å². The van der Waals surface area contributed by atoms with Crippen LogP contribution in [0.4, 0.5) is 4.79 Å². The summed E-state index contributed by atoms with van der Waals surface area (Å²) in [6.07, 6.45) is -0.138. The molecule has 1 N–H and O–H groups in total. The predicted octanol–water partition coefficient (Wildman–Crippen LogP) is 1.39. The summed E-state index contributed by atoms with van der Waals surface area (Å²) < 4.78 is 17.6. The fourth-order valence-corrected chi connectivity index (χ4v) is 3.89. The molecule has 1 unspecified atom stereocenters. The molecule has 1 aromatic heterocycles.